The highest BCUT2D eigenvalue weighted by atomic mass is 28.4. The van der Waals surface area contributed by atoms with Crippen molar-refractivity contribution in [2.75, 3.05) is 13.2 Å². The van der Waals surface area contributed by atoms with Crippen molar-refractivity contribution >= 4 is 19.8 Å². The molecule has 0 aromatic heterocycles. The summed E-state index contributed by atoms with van der Waals surface area (Å²) < 4.78 is 24.5. The van der Waals surface area contributed by atoms with Crippen LogP contribution in [0.2, 0.25) is 0 Å². The van der Waals surface area contributed by atoms with E-state index in [-0.39, 0.29) is 24.1 Å². The summed E-state index contributed by atoms with van der Waals surface area (Å²) in [4.78, 5) is 9.94. The Morgan fingerprint density at radius 1 is 1.24 bits per heavy atom. The molecule has 7 heteroatoms. The van der Waals surface area contributed by atoms with E-state index in [4.69, 9.17) is 8.85 Å². The van der Waals surface area contributed by atoms with Gasteiger partial charge in [-0.05, 0) is 26.0 Å². The number of nitrogens with zero attached hydrogens (tertiary/aromatic N) is 1. The van der Waals surface area contributed by atoms with Gasteiger partial charge in [-0.1, -0.05) is 0 Å². The van der Waals surface area contributed by atoms with Crippen LogP contribution in [0.25, 0.3) is 0 Å². The zero-order valence-corrected chi connectivity index (χ0v) is 10.7. The molecule has 0 spiro atoms. The van der Waals surface area contributed by atoms with Crippen molar-refractivity contribution < 1.29 is 17.9 Å². The molecule has 0 saturated carbocycles. The molecule has 94 valence electrons. The molecular formula is C10H14FNO4Si. The average molecular weight is 259 g/mol. The standard InChI is InChI=1S/C10H14FNO4Si/c1-3-15-17(11,16-4-2)10-7-5-9(6-8-10)12(13)14/h5-8H,3-4H2,1-2H3. The fourth-order valence-electron chi connectivity index (χ4n) is 1.36. The highest BCUT2D eigenvalue weighted by Gasteiger charge is 2.42. The van der Waals surface area contributed by atoms with Crippen LogP contribution in [0.4, 0.5) is 9.80 Å². The predicted octanol–water partition coefficient (Wildman–Crippen LogP) is 1.78. The Labute approximate surface area is 99.7 Å². The number of nitro groups is 1. The minimum atomic E-state index is -3.91. The first-order valence-electron chi connectivity index (χ1n) is 5.25. The molecule has 0 aliphatic carbocycles. The summed E-state index contributed by atoms with van der Waals surface area (Å²) in [7, 11) is -3.91. The fraction of sp³-hybridized carbons (Fsp3) is 0.400. The fourth-order valence-corrected chi connectivity index (χ4v) is 3.09. The number of halogens is 1. The maximum Gasteiger partial charge on any atom is 0.575 e. The third-order valence-electron chi connectivity index (χ3n) is 2.08. The van der Waals surface area contributed by atoms with Crippen LogP contribution in [0.1, 0.15) is 13.8 Å². The van der Waals surface area contributed by atoms with Crippen molar-refractivity contribution in [3.05, 3.63) is 34.4 Å². The maximum absolute atomic E-state index is 14.4. The minimum Gasteiger partial charge on any atom is -0.367 e. The van der Waals surface area contributed by atoms with Gasteiger partial charge in [-0.15, -0.1) is 0 Å². The van der Waals surface area contributed by atoms with Crippen LogP contribution >= 0.6 is 0 Å². The highest BCUT2D eigenvalue weighted by molar-refractivity contribution is 6.74. The van der Waals surface area contributed by atoms with Gasteiger partial charge in [0.15, 0.2) is 0 Å². The lowest BCUT2D eigenvalue weighted by Crippen LogP contribution is -2.50. The van der Waals surface area contributed by atoms with E-state index >= 15 is 0 Å². The molecule has 0 aliphatic rings. The van der Waals surface area contributed by atoms with Crippen LogP contribution in [0.15, 0.2) is 24.3 Å². The van der Waals surface area contributed by atoms with Gasteiger partial charge < -0.3 is 8.85 Å². The van der Waals surface area contributed by atoms with E-state index in [1.54, 1.807) is 13.8 Å². The van der Waals surface area contributed by atoms with Gasteiger partial charge >= 0.3 is 8.89 Å². The van der Waals surface area contributed by atoms with Gasteiger partial charge in [-0.2, -0.15) is 0 Å². The Kier molecular flexibility index (Phi) is 4.73. The molecule has 0 aliphatic heterocycles. The molecule has 1 aromatic rings. The summed E-state index contributed by atoms with van der Waals surface area (Å²) in [5.74, 6) is 0. The maximum atomic E-state index is 14.4. The summed E-state index contributed by atoms with van der Waals surface area (Å²) in [6.07, 6.45) is 0. The molecule has 0 N–H and O–H groups in total. The zero-order chi connectivity index (χ0) is 12.9. The monoisotopic (exact) mass is 259 g/mol. The van der Waals surface area contributed by atoms with Crippen LogP contribution < -0.4 is 5.19 Å². The topological polar surface area (TPSA) is 61.6 Å². The average Bonchev–Trinajstić information content (AvgIpc) is 2.30. The molecule has 1 aromatic carbocycles. The van der Waals surface area contributed by atoms with E-state index in [1.807, 2.05) is 0 Å². The summed E-state index contributed by atoms with van der Waals surface area (Å²) in [6, 6.07) is 5.18. The zero-order valence-electron chi connectivity index (χ0n) is 9.68. The second kappa shape index (κ2) is 5.85. The third kappa shape index (κ3) is 3.32. The Hall–Kier alpha value is -1.31. The van der Waals surface area contributed by atoms with E-state index in [9.17, 15) is 14.2 Å². The molecule has 0 atom stereocenters. The number of hydrogen-bond acceptors (Lipinski definition) is 4. The lowest BCUT2D eigenvalue weighted by Gasteiger charge is -2.20. The van der Waals surface area contributed by atoms with Gasteiger partial charge in [0.25, 0.3) is 5.69 Å². The Morgan fingerprint density at radius 3 is 2.06 bits per heavy atom. The van der Waals surface area contributed by atoms with Crippen molar-refractivity contribution in [2.24, 2.45) is 0 Å². The molecule has 0 unspecified atom stereocenters. The largest absolute Gasteiger partial charge is 0.575 e. The number of rotatable bonds is 6. The summed E-state index contributed by atoms with van der Waals surface area (Å²) >= 11 is 0. The lowest BCUT2D eigenvalue weighted by molar-refractivity contribution is -0.384. The van der Waals surface area contributed by atoms with E-state index < -0.39 is 13.8 Å². The molecule has 0 amide bonds. The van der Waals surface area contributed by atoms with Gasteiger partial charge in [0.05, 0.1) is 4.92 Å². The molecular weight excluding hydrogens is 245 g/mol. The van der Waals surface area contributed by atoms with Gasteiger partial charge in [-0.3, -0.25) is 10.1 Å². The van der Waals surface area contributed by atoms with Crippen molar-refractivity contribution in [2.45, 2.75) is 13.8 Å². The first kappa shape index (κ1) is 13.8. The third-order valence-corrected chi connectivity index (χ3v) is 4.43. The summed E-state index contributed by atoms with van der Waals surface area (Å²) in [5.41, 5.74) is -0.0851. The van der Waals surface area contributed by atoms with Crippen molar-refractivity contribution in [3.63, 3.8) is 0 Å². The Morgan fingerprint density at radius 2 is 1.71 bits per heavy atom. The summed E-state index contributed by atoms with van der Waals surface area (Å²) in [5, 5.41) is 10.7. The van der Waals surface area contributed by atoms with Crippen LogP contribution in [-0.4, -0.2) is 27.0 Å². The predicted molar refractivity (Wildman–Crippen MR) is 62.8 cm³/mol. The van der Waals surface area contributed by atoms with Gasteiger partial charge in [-0.25, -0.2) is 4.11 Å². The normalized spacial score (nSPS) is 11.5. The first-order chi connectivity index (χ1) is 8.03. The van der Waals surface area contributed by atoms with E-state index in [0.29, 0.717) is 0 Å². The van der Waals surface area contributed by atoms with E-state index in [1.165, 1.54) is 24.3 Å². The molecule has 0 saturated heterocycles. The first-order valence-corrected chi connectivity index (χ1v) is 6.94. The van der Waals surface area contributed by atoms with Gasteiger partial charge in [0, 0.05) is 30.5 Å². The number of hydrogen-bond donors (Lipinski definition) is 0. The number of nitro benzene ring substituents is 1. The highest BCUT2D eigenvalue weighted by Crippen LogP contribution is 2.14. The van der Waals surface area contributed by atoms with Crippen molar-refractivity contribution in [1.82, 2.24) is 0 Å². The Bertz CT molecular complexity index is 378. The van der Waals surface area contributed by atoms with E-state index in [0.717, 1.165) is 0 Å². The molecule has 5 nitrogen and oxygen atoms in total. The molecule has 1 rings (SSSR count). The van der Waals surface area contributed by atoms with Gasteiger partial charge in [0.2, 0.25) is 0 Å². The van der Waals surface area contributed by atoms with Crippen LogP contribution in [0, 0.1) is 10.1 Å². The molecule has 17 heavy (non-hydrogen) atoms. The van der Waals surface area contributed by atoms with Crippen LogP contribution in [0.3, 0.4) is 0 Å². The van der Waals surface area contributed by atoms with Crippen LogP contribution in [-0.2, 0) is 8.85 Å². The minimum absolute atomic E-state index is 0.0851. The quantitative estimate of drug-likeness (QED) is 0.338. The molecule has 0 heterocycles. The Balaban J connectivity index is 2.98. The van der Waals surface area contributed by atoms with Crippen LogP contribution in [0.5, 0.6) is 0 Å². The molecule has 0 bridgehead atoms. The van der Waals surface area contributed by atoms with E-state index in [2.05, 4.69) is 0 Å². The lowest BCUT2D eigenvalue weighted by atomic mass is 10.3. The second-order valence-electron chi connectivity index (χ2n) is 3.21. The SMILES string of the molecule is CCO[Si](F)(OCC)c1ccc([N+](=O)[O-])cc1. The number of benzene rings is 1. The van der Waals surface area contributed by atoms with Crippen molar-refractivity contribution in [1.29, 1.82) is 0 Å². The summed E-state index contributed by atoms with van der Waals surface area (Å²) in [6.45, 7) is 3.73. The van der Waals surface area contributed by atoms with Gasteiger partial charge in [0.1, 0.15) is 0 Å². The molecule has 0 radical (unpaired) electrons. The molecule has 0 fully saturated rings. The van der Waals surface area contributed by atoms with Crippen molar-refractivity contribution in [3.8, 4) is 0 Å². The number of non-ortho nitro benzene ring substituents is 1. The second-order valence-corrected chi connectivity index (χ2v) is 5.43. The smallest absolute Gasteiger partial charge is 0.367 e.